The quantitative estimate of drug-likeness (QED) is 0.707. The molecule has 1 aromatic heterocycles. The van der Waals surface area contributed by atoms with Gasteiger partial charge in [0.2, 0.25) is 0 Å². The summed E-state index contributed by atoms with van der Waals surface area (Å²) >= 11 is 0. The van der Waals surface area contributed by atoms with Crippen LogP contribution in [0.3, 0.4) is 0 Å². The molecular formula is C8H13NO2. The molecule has 0 amide bonds. The Bertz CT molecular complexity index is 223. The highest BCUT2D eigenvalue weighted by Gasteiger charge is 2.15. The van der Waals surface area contributed by atoms with Crippen LogP contribution in [0.4, 0.5) is 0 Å². The van der Waals surface area contributed by atoms with E-state index < -0.39 is 6.10 Å². The molecule has 0 radical (unpaired) electrons. The Hall–Kier alpha value is -0.830. The van der Waals surface area contributed by atoms with E-state index in [9.17, 15) is 5.11 Å². The lowest BCUT2D eigenvalue weighted by Crippen LogP contribution is -1.97. The van der Waals surface area contributed by atoms with Crippen molar-refractivity contribution in [3.63, 3.8) is 0 Å². The minimum atomic E-state index is -0.429. The summed E-state index contributed by atoms with van der Waals surface area (Å²) in [5, 5.41) is 13.2. The third-order valence-corrected chi connectivity index (χ3v) is 1.81. The van der Waals surface area contributed by atoms with Crippen molar-refractivity contribution in [2.45, 2.75) is 33.3 Å². The van der Waals surface area contributed by atoms with Crippen LogP contribution in [0.5, 0.6) is 0 Å². The van der Waals surface area contributed by atoms with Crippen LogP contribution in [0.15, 0.2) is 4.52 Å². The van der Waals surface area contributed by atoms with Gasteiger partial charge in [-0.05, 0) is 20.3 Å². The van der Waals surface area contributed by atoms with Gasteiger partial charge in [-0.3, -0.25) is 0 Å². The molecule has 0 spiro atoms. The second-order valence-electron chi connectivity index (χ2n) is 2.66. The highest BCUT2D eigenvalue weighted by molar-refractivity contribution is 5.23. The van der Waals surface area contributed by atoms with Crippen LogP contribution < -0.4 is 0 Å². The summed E-state index contributed by atoms with van der Waals surface area (Å²) in [6.07, 6.45) is 0.268. The zero-order chi connectivity index (χ0) is 8.43. The minimum absolute atomic E-state index is 0.429. The van der Waals surface area contributed by atoms with E-state index in [-0.39, 0.29) is 0 Å². The Morgan fingerprint density at radius 3 is 2.55 bits per heavy atom. The first-order chi connectivity index (χ1) is 5.16. The van der Waals surface area contributed by atoms with Gasteiger partial charge < -0.3 is 9.63 Å². The highest BCUT2D eigenvalue weighted by Crippen LogP contribution is 2.22. The molecule has 1 heterocycles. The Balaban J connectivity index is 3.00. The normalized spacial score (nSPS) is 13.5. The van der Waals surface area contributed by atoms with Gasteiger partial charge >= 0.3 is 0 Å². The monoisotopic (exact) mass is 155 g/mol. The maximum Gasteiger partial charge on any atom is 0.139 e. The summed E-state index contributed by atoms with van der Waals surface area (Å²) in [7, 11) is 0. The topological polar surface area (TPSA) is 46.3 Å². The van der Waals surface area contributed by atoms with Gasteiger partial charge in [0.05, 0.1) is 11.8 Å². The van der Waals surface area contributed by atoms with E-state index in [1.807, 2.05) is 20.8 Å². The van der Waals surface area contributed by atoms with Crippen molar-refractivity contribution in [2.75, 3.05) is 0 Å². The van der Waals surface area contributed by atoms with Crippen LogP contribution in [0.2, 0.25) is 0 Å². The number of rotatable bonds is 2. The van der Waals surface area contributed by atoms with E-state index in [4.69, 9.17) is 4.52 Å². The van der Waals surface area contributed by atoms with E-state index in [0.717, 1.165) is 17.0 Å². The number of hydrogen-bond acceptors (Lipinski definition) is 3. The molecule has 0 fully saturated rings. The summed E-state index contributed by atoms with van der Waals surface area (Å²) in [4.78, 5) is 0. The number of hydrogen-bond donors (Lipinski definition) is 1. The Morgan fingerprint density at radius 1 is 1.55 bits per heavy atom. The Kier molecular flexibility index (Phi) is 2.29. The van der Waals surface area contributed by atoms with Gasteiger partial charge in [-0.2, -0.15) is 0 Å². The number of aryl methyl sites for hydroxylation is 2. The van der Waals surface area contributed by atoms with Crippen molar-refractivity contribution in [2.24, 2.45) is 0 Å². The molecule has 0 saturated heterocycles. The zero-order valence-electron chi connectivity index (χ0n) is 7.09. The van der Waals surface area contributed by atoms with E-state index >= 15 is 0 Å². The molecule has 0 aliphatic heterocycles. The predicted octanol–water partition coefficient (Wildman–Crippen LogP) is 1.73. The summed E-state index contributed by atoms with van der Waals surface area (Å²) < 4.78 is 4.91. The van der Waals surface area contributed by atoms with E-state index in [0.29, 0.717) is 6.42 Å². The van der Waals surface area contributed by atoms with Gasteiger partial charge in [0.25, 0.3) is 0 Å². The molecule has 0 aromatic carbocycles. The zero-order valence-corrected chi connectivity index (χ0v) is 7.09. The molecule has 1 rings (SSSR count). The van der Waals surface area contributed by atoms with Crippen LogP contribution in [0.25, 0.3) is 0 Å². The predicted molar refractivity (Wildman–Crippen MR) is 41.2 cm³/mol. The van der Waals surface area contributed by atoms with Gasteiger partial charge in [0, 0.05) is 5.56 Å². The molecule has 1 aromatic rings. The van der Waals surface area contributed by atoms with Gasteiger partial charge in [0.1, 0.15) is 5.76 Å². The van der Waals surface area contributed by atoms with E-state index in [2.05, 4.69) is 5.16 Å². The average Bonchev–Trinajstić information content (AvgIpc) is 2.30. The lowest BCUT2D eigenvalue weighted by atomic mass is 10.1. The molecule has 1 unspecified atom stereocenters. The van der Waals surface area contributed by atoms with E-state index in [1.54, 1.807) is 0 Å². The molecule has 3 heteroatoms. The van der Waals surface area contributed by atoms with Crippen molar-refractivity contribution in [3.05, 3.63) is 17.0 Å². The molecule has 3 nitrogen and oxygen atoms in total. The van der Waals surface area contributed by atoms with Gasteiger partial charge in [-0.15, -0.1) is 0 Å². The molecule has 1 N–H and O–H groups in total. The first-order valence-corrected chi connectivity index (χ1v) is 3.77. The van der Waals surface area contributed by atoms with Crippen LogP contribution >= 0.6 is 0 Å². The molecule has 0 saturated carbocycles. The standard InChI is InChI=1S/C8H13NO2/c1-4-7(10)8-5(2)9-11-6(8)3/h7,10H,4H2,1-3H3. The van der Waals surface area contributed by atoms with Crippen molar-refractivity contribution in [3.8, 4) is 0 Å². The maximum absolute atomic E-state index is 9.48. The SMILES string of the molecule is CCC(O)c1c(C)noc1C. The van der Waals surface area contributed by atoms with Gasteiger partial charge in [-0.1, -0.05) is 12.1 Å². The second-order valence-corrected chi connectivity index (χ2v) is 2.66. The fourth-order valence-corrected chi connectivity index (χ4v) is 1.17. The number of aliphatic hydroxyl groups is 1. The maximum atomic E-state index is 9.48. The van der Waals surface area contributed by atoms with Crippen molar-refractivity contribution in [1.82, 2.24) is 5.16 Å². The van der Waals surface area contributed by atoms with Crippen molar-refractivity contribution in [1.29, 1.82) is 0 Å². The molecule has 62 valence electrons. The van der Waals surface area contributed by atoms with Crippen LogP contribution in [-0.4, -0.2) is 10.3 Å². The Morgan fingerprint density at radius 2 is 2.18 bits per heavy atom. The lowest BCUT2D eigenvalue weighted by Gasteiger charge is -2.05. The molecule has 0 aliphatic rings. The van der Waals surface area contributed by atoms with Crippen LogP contribution in [-0.2, 0) is 0 Å². The molecule has 0 bridgehead atoms. The van der Waals surface area contributed by atoms with Gasteiger partial charge in [-0.25, -0.2) is 0 Å². The first-order valence-electron chi connectivity index (χ1n) is 3.77. The summed E-state index contributed by atoms with van der Waals surface area (Å²) in [5.41, 5.74) is 1.63. The van der Waals surface area contributed by atoms with E-state index in [1.165, 1.54) is 0 Å². The third kappa shape index (κ3) is 1.43. The number of nitrogens with zero attached hydrogens (tertiary/aromatic N) is 1. The summed E-state index contributed by atoms with van der Waals surface area (Å²) in [5.74, 6) is 0.719. The molecular weight excluding hydrogens is 142 g/mol. The van der Waals surface area contributed by atoms with Crippen molar-refractivity contribution >= 4 is 0 Å². The average molecular weight is 155 g/mol. The molecule has 0 aliphatic carbocycles. The Labute approximate surface area is 66.0 Å². The highest BCUT2D eigenvalue weighted by atomic mass is 16.5. The fourth-order valence-electron chi connectivity index (χ4n) is 1.17. The van der Waals surface area contributed by atoms with Crippen molar-refractivity contribution < 1.29 is 9.63 Å². The number of aromatic nitrogens is 1. The first kappa shape index (κ1) is 8.27. The fraction of sp³-hybridized carbons (Fsp3) is 0.625. The van der Waals surface area contributed by atoms with Crippen LogP contribution in [0, 0.1) is 13.8 Å². The number of aliphatic hydroxyl groups excluding tert-OH is 1. The minimum Gasteiger partial charge on any atom is -0.388 e. The second kappa shape index (κ2) is 3.05. The van der Waals surface area contributed by atoms with Gasteiger partial charge in [0.15, 0.2) is 0 Å². The summed E-state index contributed by atoms with van der Waals surface area (Å²) in [6.45, 7) is 5.58. The third-order valence-electron chi connectivity index (χ3n) is 1.81. The molecule has 1 atom stereocenters. The lowest BCUT2D eigenvalue weighted by molar-refractivity contribution is 0.171. The smallest absolute Gasteiger partial charge is 0.139 e. The van der Waals surface area contributed by atoms with Crippen LogP contribution in [0.1, 0.15) is 36.5 Å². The molecule has 11 heavy (non-hydrogen) atoms. The summed E-state index contributed by atoms with van der Waals surface area (Å²) in [6, 6.07) is 0. The largest absolute Gasteiger partial charge is 0.388 e.